The molecule has 0 saturated carbocycles. The lowest BCUT2D eigenvalue weighted by molar-refractivity contribution is 0.425. The molecule has 0 atom stereocenters. The second-order valence-electron chi connectivity index (χ2n) is 6.31. The molecule has 0 aliphatic rings. The van der Waals surface area contributed by atoms with Crippen LogP contribution in [0.15, 0.2) is 48.5 Å². The van der Waals surface area contributed by atoms with Gasteiger partial charge in [0.15, 0.2) is 0 Å². The minimum absolute atomic E-state index is 0.183. The van der Waals surface area contributed by atoms with Crippen molar-refractivity contribution in [1.82, 2.24) is 9.78 Å². The standard InChI is InChI=1S/C20H22N2O/c1-13(2)18-19(17-11-6-5-9-15(17)4)21-22(20(18)23)16-10-7-8-14(3)12-16/h5-13,23H,1-4H3. The normalized spacial score (nSPS) is 11.2. The highest BCUT2D eigenvalue weighted by molar-refractivity contribution is 5.70. The Bertz CT molecular complexity index is 847. The predicted molar refractivity (Wildman–Crippen MR) is 94.2 cm³/mol. The van der Waals surface area contributed by atoms with Crippen molar-refractivity contribution in [2.75, 3.05) is 0 Å². The summed E-state index contributed by atoms with van der Waals surface area (Å²) in [5.41, 5.74) is 5.99. The zero-order valence-electron chi connectivity index (χ0n) is 14.0. The van der Waals surface area contributed by atoms with Crippen LogP contribution in [0.5, 0.6) is 5.88 Å². The number of rotatable bonds is 3. The van der Waals surface area contributed by atoms with Crippen molar-refractivity contribution in [2.45, 2.75) is 33.6 Å². The fourth-order valence-electron chi connectivity index (χ4n) is 2.93. The van der Waals surface area contributed by atoms with Crippen molar-refractivity contribution < 1.29 is 5.11 Å². The van der Waals surface area contributed by atoms with Crippen molar-refractivity contribution >= 4 is 0 Å². The second kappa shape index (κ2) is 5.92. The Hall–Kier alpha value is -2.55. The molecule has 23 heavy (non-hydrogen) atoms. The van der Waals surface area contributed by atoms with Gasteiger partial charge < -0.3 is 5.11 Å². The molecule has 3 nitrogen and oxygen atoms in total. The molecule has 1 N–H and O–H groups in total. The van der Waals surface area contributed by atoms with E-state index in [9.17, 15) is 5.11 Å². The average Bonchev–Trinajstić information content (AvgIpc) is 2.85. The van der Waals surface area contributed by atoms with E-state index in [1.807, 2.05) is 43.3 Å². The molecule has 0 fully saturated rings. The Balaban J connectivity index is 2.26. The average molecular weight is 306 g/mol. The van der Waals surface area contributed by atoms with Crippen molar-refractivity contribution in [1.29, 1.82) is 0 Å². The predicted octanol–water partition coefficient (Wildman–Crippen LogP) is 4.99. The van der Waals surface area contributed by atoms with Gasteiger partial charge in [0.05, 0.1) is 5.69 Å². The van der Waals surface area contributed by atoms with Gasteiger partial charge in [-0.25, -0.2) is 4.68 Å². The Labute approximate surface area is 137 Å². The van der Waals surface area contributed by atoms with E-state index in [-0.39, 0.29) is 11.8 Å². The summed E-state index contributed by atoms with van der Waals surface area (Å²) < 4.78 is 1.64. The Morgan fingerprint density at radius 1 is 1.00 bits per heavy atom. The number of aromatic nitrogens is 2. The van der Waals surface area contributed by atoms with Crippen LogP contribution in [0, 0.1) is 13.8 Å². The molecule has 0 unspecified atom stereocenters. The zero-order chi connectivity index (χ0) is 16.6. The molecule has 3 heteroatoms. The maximum atomic E-state index is 10.8. The van der Waals surface area contributed by atoms with Gasteiger partial charge in [-0.3, -0.25) is 0 Å². The lowest BCUT2D eigenvalue weighted by atomic mass is 9.96. The Morgan fingerprint density at radius 3 is 2.39 bits per heavy atom. The lowest BCUT2D eigenvalue weighted by Gasteiger charge is -2.08. The minimum atomic E-state index is 0.183. The summed E-state index contributed by atoms with van der Waals surface area (Å²) in [7, 11) is 0. The molecule has 0 radical (unpaired) electrons. The number of aromatic hydroxyl groups is 1. The van der Waals surface area contributed by atoms with E-state index in [4.69, 9.17) is 5.10 Å². The third kappa shape index (κ3) is 2.74. The topological polar surface area (TPSA) is 38.0 Å². The Kier molecular flexibility index (Phi) is 3.95. The zero-order valence-corrected chi connectivity index (χ0v) is 14.0. The molecule has 0 spiro atoms. The van der Waals surface area contributed by atoms with Gasteiger partial charge in [0.1, 0.15) is 5.69 Å². The fourth-order valence-corrected chi connectivity index (χ4v) is 2.93. The molecule has 1 heterocycles. The molecule has 0 bridgehead atoms. The first-order valence-corrected chi connectivity index (χ1v) is 7.94. The summed E-state index contributed by atoms with van der Waals surface area (Å²) in [5.74, 6) is 0.409. The summed E-state index contributed by atoms with van der Waals surface area (Å²) in [5, 5.41) is 15.5. The van der Waals surface area contributed by atoms with Crippen LogP contribution in [0.4, 0.5) is 0 Å². The van der Waals surface area contributed by atoms with Gasteiger partial charge >= 0.3 is 0 Å². The van der Waals surface area contributed by atoms with Gasteiger partial charge in [-0.2, -0.15) is 5.10 Å². The first kappa shape index (κ1) is 15.3. The summed E-state index contributed by atoms with van der Waals surface area (Å²) in [6.45, 7) is 8.27. The maximum absolute atomic E-state index is 10.8. The fraction of sp³-hybridized carbons (Fsp3) is 0.250. The molecule has 118 valence electrons. The SMILES string of the molecule is Cc1cccc(-n2nc(-c3ccccc3C)c(C(C)C)c2O)c1. The van der Waals surface area contributed by atoms with Gasteiger partial charge in [-0.15, -0.1) is 0 Å². The second-order valence-corrected chi connectivity index (χ2v) is 6.31. The summed E-state index contributed by atoms with van der Waals surface area (Å²) in [4.78, 5) is 0. The maximum Gasteiger partial charge on any atom is 0.218 e. The van der Waals surface area contributed by atoms with Gasteiger partial charge in [0.2, 0.25) is 5.88 Å². The third-order valence-electron chi connectivity index (χ3n) is 4.12. The minimum Gasteiger partial charge on any atom is -0.493 e. The van der Waals surface area contributed by atoms with Crippen LogP contribution in [-0.4, -0.2) is 14.9 Å². The highest BCUT2D eigenvalue weighted by Crippen LogP contribution is 2.38. The molecule has 1 aromatic heterocycles. The summed E-state index contributed by atoms with van der Waals surface area (Å²) >= 11 is 0. The highest BCUT2D eigenvalue weighted by atomic mass is 16.3. The third-order valence-corrected chi connectivity index (χ3v) is 4.12. The van der Waals surface area contributed by atoms with Crippen molar-refractivity contribution in [3.05, 3.63) is 65.2 Å². The van der Waals surface area contributed by atoms with Crippen LogP contribution in [0.25, 0.3) is 16.9 Å². The van der Waals surface area contributed by atoms with E-state index in [1.54, 1.807) is 4.68 Å². The van der Waals surface area contributed by atoms with Crippen LogP contribution in [0.1, 0.15) is 36.5 Å². The summed E-state index contributed by atoms with van der Waals surface area (Å²) in [6, 6.07) is 16.2. The van der Waals surface area contributed by atoms with E-state index < -0.39 is 0 Å². The number of aryl methyl sites for hydroxylation is 2. The van der Waals surface area contributed by atoms with Crippen LogP contribution in [0.3, 0.4) is 0 Å². The van der Waals surface area contributed by atoms with Crippen molar-refractivity contribution in [3.8, 4) is 22.8 Å². The van der Waals surface area contributed by atoms with Crippen molar-refractivity contribution in [2.24, 2.45) is 0 Å². The van der Waals surface area contributed by atoms with E-state index in [0.717, 1.165) is 33.6 Å². The molecule has 0 saturated heterocycles. The molecular formula is C20H22N2O. The first-order chi connectivity index (χ1) is 11.0. The highest BCUT2D eigenvalue weighted by Gasteiger charge is 2.22. The van der Waals surface area contributed by atoms with Crippen LogP contribution < -0.4 is 0 Å². The molecular weight excluding hydrogens is 284 g/mol. The number of nitrogens with zero attached hydrogens (tertiary/aromatic N) is 2. The van der Waals surface area contributed by atoms with Crippen LogP contribution in [-0.2, 0) is 0 Å². The van der Waals surface area contributed by atoms with E-state index in [1.165, 1.54) is 0 Å². The van der Waals surface area contributed by atoms with E-state index in [0.29, 0.717) is 0 Å². The molecule has 0 amide bonds. The smallest absolute Gasteiger partial charge is 0.218 e. The molecule has 2 aromatic carbocycles. The van der Waals surface area contributed by atoms with Crippen LogP contribution >= 0.6 is 0 Å². The number of benzene rings is 2. The number of hydrogen-bond donors (Lipinski definition) is 1. The quantitative estimate of drug-likeness (QED) is 0.740. The van der Waals surface area contributed by atoms with E-state index in [2.05, 4.69) is 32.9 Å². The molecule has 3 aromatic rings. The molecule has 0 aliphatic carbocycles. The van der Waals surface area contributed by atoms with E-state index >= 15 is 0 Å². The largest absolute Gasteiger partial charge is 0.493 e. The first-order valence-electron chi connectivity index (χ1n) is 7.94. The van der Waals surface area contributed by atoms with Gasteiger partial charge in [0, 0.05) is 11.1 Å². The van der Waals surface area contributed by atoms with Crippen molar-refractivity contribution in [3.63, 3.8) is 0 Å². The van der Waals surface area contributed by atoms with Gasteiger partial charge in [-0.1, -0.05) is 50.2 Å². The molecule has 3 rings (SSSR count). The van der Waals surface area contributed by atoms with Gasteiger partial charge in [-0.05, 0) is 43.0 Å². The van der Waals surface area contributed by atoms with Gasteiger partial charge in [0.25, 0.3) is 0 Å². The van der Waals surface area contributed by atoms with Crippen LogP contribution in [0.2, 0.25) is 0 Å². The lowest BCUT2D eigenvalue weighted by Crippen LogP contribution is -1.96. The monoisotopic (exact) mass is 306 g/mol. The Morgan fingerprint density at radius 2 is 1.74 bits per heavy atom. The number of hydrogen-bond acceptors (Lipinski definition) is 2. The summed E-state index contributed by atoms with van der Waals surface area (Å²) in [6.07, 6.45) is 0. The molecule has 0 aliphatic heterocycles.